The molecule has 0 aliphatic carbocycles. The Morgan fingerprint density at radius 3 is 2.74 bits per heavy atom. The first-order valence-corrected chi connectivity index (χ1v) is 7.83. The minimum absolute atomic E-state index is 0.165. The Morgan fingerprint density at radius 1 is 1.35 bits per heavy atom. The van der Waals surface area contributed by atoms with Crippen LogP contribution in [0.2, 0.25) is 10.0 Å². The maximum atomic E-state index is 11.7. The highest BCUT2D eigenvalue weighted by atomic mass is 35.5. The molecule has 0 bridgehead atoms. The number of carbonyl (C=O) groups is 1. The number of hydrazone groups is 1. The van der Waals surface area contributed by atoms with E-state index in [0.717, 1.165) is 6.42 Å². The Kier molecular flexibility index (Phi) is 6.65. The van der Waals surface area contributed by atoms with Gasteiger partial charge in [0.2, 0.25) is 0 Å². The Bertz CT molecular complexity index is 671. The van der Waals surface area contributed by atoms with Gasteiger partial charge in [-0.05, 0) is 18.9 Å². The number of carbonyl (C=O) groups excluding carboxylic acids is 1. The van der Waals surface area contributed by atoms with Crippen LogP contribution in [0.5, 0.6) is 0 Å². The second-order valence-electron chi connectivity index (χ2n) is 5.03. The van der Waals surface area contributed by atoms with Gasteiger partial charge in [0.1, 0.15) is 11.3 Å². The van der Waals surface area contributed by atoms with Crippen LogP contribution >= 0.6 is 23.2 Å². The molecule has 2 N–H and O–H groups in total. The molecule has 1 atom stereocenters. The van der Waals surface area contributed by atoms with Crippen LogP contribution in [0.15, 0.2) is 46.1 Å². The van der Waals surface area contributed by atoms with E-state index in [4.69, 9.17) is 27.6 Å². The fourth-order valence-corrected chi connectivity index (χ4v) is 2.21. The predicted molar refractivity (Wildman–Crippen MR) is 92.1 cm³/mol. The number of rotatable bonds is 7. The lowest BCUT2D eigenvalue weighted by atomic mass is 10.1. The van der Waals surface area contributed by atoms with E-state index in [-0.39, 0.29) is 23.5 Å². The summed E-state index contributed by atoms with van der Waals surface area (Å²) in [4.78, 5) is 11.7. The predicted octanol–water partition coefficient (Wildman–Crippen LogP) is 3.26. The summed E-state index contributed by atoms with van der Waals surface area (Å²) < 4.78 is 5.06. The van der Waals surface area contributed by atoms with Gasteiger partial charge < -0.3 is 9.73 Å². The van der Waals surface area contributed by atoms with Crippen molar-refractivity contribution in [3.8, 4) is 0 Å². The minimum Gasteiger partial charge on any atom is -0.460 e. The monoisotopic (exact) mass is 353 g/mol. The number of nitrogens with zero attached hydrogens (tertiary/aromatic N) is 1. The van der Waals surface area contributed by atoms with Crippen LogP contribution in [0.25, 0.3) is 0 Å². The summed E-state index contributed by atoms with van der Waals surface area (Å²) in [6.07, 6.45) is 3.46. The van der Waals surface area contributed by atoms with E-state index in [1.807, 2.05) is 25.1 Å². The average Bonchev–Trinajstić information content (AvgIpc) is 2.86. The molecule has 23 heavy (non-hydrogen) atoms. The van der Waals surface area contributed by atoms with Gasteiger partial charge in [0.05, 0.1) is 17.8 Å². The van der Waals surface area contributed by atoms with Crippen molar-refractivity contribution in [2.45, 2.75) is 19.4 Å². The van der Waals surface area contributed by atoms with Crippen LogP contribution < -0.4 is 10.7 Å². The average molecular weight is 354 g/mol. The molecule has 0 saturated carbocycles. The molecule has 122 valence electrons. The number of benzene rings is 1. The van der Waals surface area contributed by atoms with Crippen molar-refractivity contribution < 1.29 is 9.21 Å². The molecule has 5 nitrogen and oxygen atoms in total. The van der Waals surface area contributed by atoms with Gasteiger partial charge in [-0.25, -0.2) is 5.43 Å². The third kappa shape index (κ3) is 5.71. The number of amides is 1. The number of furan rings is 1. The van der Waals surface area contributed by atoms with Crippen molar-refractivity contribution in [3.63, 3.8) is 0 Å². The molecular formula is C16H17Cl2N3O2. The van der Waals surface area contributed by atoms with Gasteiger partial charge in [-0.2, -0.15) is 5.10 Å². The van der Waals surface area contributed by atoms with E-state index in [9.17, 15) is 4.79 Å². The Morgan fingerprint density at radius 2 is 2.09 bits per heavy atom. The second-order valence-corrected chi connectivity index (χ2v) is 5.81. The first-order valence-electron chi connectivity index (χ1n) is 7.08. The molecule has 0 aliphatic rings. The second kappa shape index (κ2) is 8.72. The van der Waals surface area contributed by atoms with Crippen molar-refractivity contribution in [2.24, 2.45) is 5.10 Å². The van der Waals surface area contributed by atoms with Crippen molar-refractivity contribution >= 4 is 35.3 Å². The van der Waals surface area contributed by atoms with Gasteiger partial charge in [-0.3, -0.25) is 4.79 Å². The van der Waals surface area contributed by atoms with E-state index in [2.05, 4.69) is 28.0 Å². The molecule has 1 amide bonds. The molecular weight excluding hydrogens is 337 g/mol. The Labute approximate surface area is 144 Å². The normalized spacial score (nSPS) is 12.5. The topological polar surface area (TPSA) is 66.6 Å². The molecule has 0 spiro atoms. The van der Waals surface area contributed by atoms with E-state index >= 15 is 0 Å². The van der Waals surface area contributed by atoms with Crippen LogP contribution in [-0.2, 0) is 11.2 Å². The van der Waals surface area contributed by atoms with Gasteiger partial charge in [-0.1, -0.05) is 53.5 Å². The molecule has 1 aromatic carbocycles. The zero-order chi connectivity index (χ0) is 16.7. The van der Waals surface area contributed by atoms with Crippen LogP contribution in [-0.4, -0.2) is 24.7 Å². The molecule has 1 heterocycles. The SMILES string of the molecule is CC(Cc1ccccc1)NCC(=O)N/N=C/c1occ(Cl)c1Cl. The van der Waals surface area contributed by atoms with Gasteiger partial charge >= 0.3 is 0 Å². The molecule has 1 aromatic heterocycles. The lowest BCUT2D eigenvalue weighted by Gasteiger charge is -2.12. The summed E-state index contributed by atoms with van der Waals surface area (Å²) in [6, 6.07) is 10.3. The molecule has 0 aliphatic heterocycles. The third-order valence-electron chi connectivity index (χ3n) is 3.08. The fourth-order valence-electron chi connectivity index (χ4n) is 1.93. The Balaban J connectivity index is 1.71. The summed E-state index contributed by atoms with van der Waals surface area (Å²) >= 11 is 11.6. The summed E-state index contributed by atoms with van der Waals surface area (Å²) in [5.41, 5.74) is 3.61. The van der Waals surface area contributed by atoms with E-state index < -0.39 is 0 Å². The quantitative estimate of drug-likeness (QED) is 0.593. The molecule has 7 heteroatoms. The standard InChI is InChI=1S/C16H17Cl2N3O2/c1-11(7-12-5-3-2-4-6-12)19-9-15(22)21-20-8-14-16(18)13(17)10-23-14/h2-6,8,10-11,19H,7,9H2,1H3,(H,21,22)/b20-8+. The molecule has 0 fully saturated rings. The zero-order valence-electron chi connectivity index (χ0n) is 12.6. The zero-order valence-corrected chi connectivity index (χ0v) is 14.1. The van der Waals surface area contributed by atoms with Crippen LogP contribution in [0.3, 0.4) is 0 Å². The maximum Gasteiger partial charge on any atom is 0.254 e. The lowest BCUT2D eigenvalue weighted by Crippen LogP contribution is -2.37. The van der Waals surface area contributed by atoms with Crippen LogP contribution in [0.1, 0.15) is 18.2 Å². The maximum absolute atomic E-state index is 11.7. The summed E-state index contributed by atoms with van der Waals surface area (Å²) in [5, 5.41) is 7.48. The highest BCUT2D eigenvalue weighted by Crippen LogP contribution is 2.26. The summed E-state index contributed by atoms with van der Waals surface area (Å²) in [7, 11) is 0. The smallest absolute Gasteiger partial charge is 0.254 e. The summed E-state index contributed by atoms with van der Waals surface area (Å²) in [5.74, 6) is 0.0392. The Hall–Kier alpha value is -1.82. The van der Waals surface area contributed by atoms with Crippen molar-refractivity contribution in [3.05, 3.63) is 58.0 Å². The number of hydrogen-bond donors (Lipinski definition) is 2. The fraction of sp³-hybridized carbons (Fsp3) is 0.250. The van der Waals surface area contributed by atoms with Crippen molar-refractivity contribution in [1.82, 2.24) is 10.7 Å². The molecule has 0 saturated heterocycles. The largest absolute Gasteiger partial charge is 0.460 e. The number of hydrogen-bond acceptors (Lipinski definition) is 4. The number of halogens is 2. The third-order valence-corrected chi connectivity index (χ3v) is 3.85. The van der Waals surface area contributed by atoms with Crippen LogP contribution in [0, 0.1) is 0 Å². The van der Waals surface area contributed by atoms with Crippen molar-refractivity contribution in [1.29, 1.82) is 0 Å². The van der Waals surface area contributed by atoms with Gasteiger partial charge in [0.15, 0.2) is 5.76 Å². The first kappa shape index (κ1) is 17.5. The first-order chi connectivity index (χ1) is 11.1. The van der Waals surface area contributed by atoms with Gasteiger partial charge in [0, 0.05) is 6.04 Å². The lowest BCUT2D eigenvalue weighted by molar-refractivity contribution is -0.120. The molecule has 1 unspecified atom stereocenters. The van der Waals surface area contributed by atoms with E-state index in [0.29, 0.717) is 10.8 Å². The van der Waals surface area contributed by atoms with E-state index in [1.165, 1.54) is 18.0 Å². The van der Waals surface area contributed by atoms with Gasteiger partial charge in [-0.15, -0.1) is 0 Å². The van der Waals surface area contributed by atoms with Crippen molar-refractivity contribution in [2.75, 3.05) is 6.54 Å². The molecule has 0 radical (unpaired) electrons. The number of nitrogens with one attached hydrogen (secondary N) is 2. The molecule has 2 rings (SSSR count). The van der Waals surface area contributed by atoms with Gasteiger partial charge in [0.25, 0.3) is 5.91 Å². The van der Waals surface area contributed by atoms with Crippen LogP contribution in [0.4, 0.5) is 0 Å². The highest BCUT2D eigenvalue weighted by Gasteiger charge is 2.08. The minimum atomic E-state index is -0.255. The summed E-state index contributed by atoms with van der Waals surface area (Å²) in [6.45, 7) is 2.19. The highest BCUT2D eigenvalue weighted by molar-refractivity contribution is 6.43. The molecule has 2 aromatic rings. The van der Waals surface area contributed by atoms with E-state index in [1.54, 1.807) is 0 Å².